The third-order valence-electron chi connectivity index (χ3n) is 1.84. The van der Waals surface area contributed by atoms with Gasteiger partial charge in [0.15, 0.2) is 0 Å². The fourth-order valence-corrected chi connectivity index (χ4v) is 0.836. The van der Waals surface area contributed by atoms with Crippen LogP contribution in [0.15, 0.2) is 0 Å². The van der Waals surface area contributed by atoms with Gasteiger partial charge in [0.05, 0.1) is 0 Å². The summed E-state index contributed by atoms with van der Waals surface area (Å²) in [4.78, 5) is 10.1. The van der Waals surface area contributed by atoms with Crippen molar-refractivity contribution in [3.63, 3.8) is 0 Å². The second-order valence-electron chi connectivity index (χ2n) is 3.37. The summed E-state index contributed by atoms with van der Waals surface area (Å²) in [6.45, 7) is 3.58. The van der Waals surface area contributed by atoms with Crippen molar-refractivity contribution in [3.05, 3.63) is 0 Å². The van der Waals surface area contributed by atoms with Crippen LogP contribution in [0.1, 0.15) is 39.0 Å². The summed E-state index contributed by atoms with van der Waals surface area (Å²) in [6, 6.07) is -0.716. The molecule has 0 radical (unpaired) electrons. The number of carboxylic acid groups (broad SMARTS) is 1. The molecule has 0 fully saturated rings. The van der Waals surface area contributed by atoms with Crippen LogP contribution < -0.4 is 17.2 Å². The topological polar surface area (TPSA) is 115 Å². The third kappa shape index (κ3) is 16.1. The average molecular weight is 219 g/mol. The van der Waals surface area contributed by atoms with E-state index in [1.165, 1.54) is 12.8 Å². The van der Waals surface area contributed by atoms with E-state index in [2.05, 4.69) is 6.92 Å². The molecule has 7 N–H and O–H groups in total. The summed E-state index contributed by atoms with van der Waals surface area (Å²) in [5, 5.41) is 8.33. The first kappa shape index (κ1) is 16.8. The zero-order valence-corrected chi connectivity index (χ0v) is 9.61. The third-order valence-corrected chi connectivity index (χ3v) is 1.84. The van der Waals surface area contributed by atoms with E-state index in [4.69, 9.17) is 22.3 Å². The van der Waals surface area contributed by atoms with Crippen LogP contribution in [0.4, 0.5) is 0 Å². The Morgan fingerprint density at radius 3 is 2.00 bits per heavy atom. The molecule has 92 valence electrons. The SMILES string of the molecule is CCCCN.NCCCC[C@H](N)C(=O)O. The number of aliphatic carboxylic acids is 1. The Kier molecular flexibility index (Phi) is 14.9. The summed E-state index contributed by atoms with van der Waals surface area (Å²) in [7, 11) is 0. The highest BCUT2D eigenvalue weighted by Crippen LogP contribution is 1.96. The molecular weight excluding hydrogens is 194 g/mol. The van der Waals surface area contributed by atoms with Crippen LogP contribution >= 0.6 is 0 Å². The predicted octanol–water partition coefficient (Wildman–Crippen LogP) is 0.273. The van der Waals surface area contributed by atoms with Crippen molar-refractivity contribution in [1.82, 2.24) is 0 Å². The molecule has 0 aromatic rings. The molecule has 0 amide bonds. The van der Waals surface area contributed by atoms with Crippen molar-refractivity contribution in [3.8, 4) is 0 Å². The van der Waals surface area contributed by atoms with Gasteiger partial charge in [0.25, 0.3) is 0 Å². The summed E-state index contributed by atoms with van der Waals surface area (Å²) in [5.41, 5.74) is 15.6. The minimum absolute atomic E-state index is 0.520. The van der Waals surface area contributed by atoms with E-state index in [1.54, 1.807) is 0 Å². The number of hydrogen-bond donors (Lipinski definition) is 4. The highest BCUT2D eigenvalue weighted by Gasteiger charge is 2.09. The number of hydrogen-bond acceptors (Lipinski definition) is 4. The first-order valence-electron chi connectivity index (χ1n) is 5.48. The summed E-state index contributed by atoms with van der Waals surface area (Å²) >= 11 is 0. The Bertz CT molecular complexity index is 141. The van der Waals surface area contributed by atoms with Gasteiger partial charge >= 0.3 is 5.97 Å². The van der Waals surface area contributed by atoms with E-state index in [0.29, 0.717) is 13.0 Å². The number of rotatable bonds is 7. The van der Waals surface area contributed by atoms with Crippen molar-refractivity contribution < 1.29 is 9.90 Å². The Labute approximate surface area is 92.0 Å². The van der Waals surface area contributed by atoms with Crippen LogP contribution in [0, 0.1) is 0 Å². The Balaban J connectivity index is 0. The van der Waals surface area contributed by atoms with Gasteiger partial charge in [-0.2, -0.15) is 0 Å². The normalized spacial score (nSPS) is 11.5. The number of carboxylic acids is 1. The van der Waals surface area contributed by atoms with Crippen molar-refractivity contribution in [2.75, 3.05) is 13.1 Å². The minimum atomic E-state index is -0.933. The van der Waals surface area contributed by atoms with Crippen LogP contribution in [-0.4, -0.2) is 30.2 Å². The van der Waals surface area contributed by atoms with Crippen LogP contribution in [0.3, 0.4) is 0 Å². The molecule has 0 aromatic heterocycles. The van der Waals surface area contributed by atoms with Crippen molar-refractivity contribution >= 4 is 5.97 Å². The standard InChI is InChI=1S/C6H14N2O2.C4H11N/c7-4-2-1-3-5(8)6(9)10;1-2-3-4-5/h5H,1-4,7-8H2,(H,9,10);2-5H2,1H3/t5-;/m0./s1. The maximum Gasteiger partial charge on any atom is 0.320 e. The van der Waals surface area contributed by atoms with Crippen LogP contribution in [0.5, 0.6) is 0 Å². The molecule has 0 unspecified atom stereocenters. The molecule has 0 aromatic carbocycles. The number of unbranched alkanes of at least 4 members (excludes halogenated alkanes) is 2. The zero-order valence-electron chi connectivity index (χ0n) is 9.61. The molecule has 0 saturated heterocycles. The Hall–Kier alpha value is -0.650. The van der Waals surface area contributed by atoms with Gasteiger partial charge in [-0.3, -0.25) is 4.79 Å². The van der Waals surface area contributed by atoms with E-state index >= 15 is 0 Å². The van der Waals surface area contributed by atoms with E-state index < -0.39 is 12.0 Å². The minimum Gasteiger partial charge on any atom is -0.480 e. The van der Waals surface area contributed by atoms with Gasteiger partial charge in [-0.05, 0) is 32.4 Å². The molecule has 0 aliphatic carbocycles. The van der Waals surface area contributed by atoms with Crippen LogP contribution in [-0.2, 0) is 4.79 Å². The first-order valence-corrected chi connectivity index (χ1v) is 5.48. The second-order valence-corrected chi connectivity index (χ2v) is 3.37. The molecular formula is C10H25N3O2. The van der Waals surface area contributed by atoms with E-state index in [-0.39, 0.29) is 0 Å². The molecule has 0 saturated carbocycles. The Morgan fingerprint density at radius 1 is 1.20 bits per heavy atom. The number of nitrogens with two attached hydrogens (primary N) is 3. The van der Waals surface area contributed by atoms with Crippen molar-refractivity contribution in [1.29, 1.82) is 0 Å². The second kappa shape index (κ2) is 13.4. The molecule has 0 rings (SSSR count). The molecule has 15 heavy (non-hydrogen) atoms. The maximum atomic E-state index is 10.1. The van der Waals surface area contributed by atoms with Crippen molar-refractivity contribution in [2.45, 2.75) is 45.1 Å². The average Bonchev–Trinajstić information content (AvgIpc) is 2.20. The highest BCUT2D eigenvalue weighted by atomic mass is 16.4. The van der Waals surface area contributed by atoms with Gasteiger partial charge in [0.2, 0.25) is 0 Å². The fourth-order valence-electron chi connectivity index (χ4n) is 0.836. The monoisotopic (exact) mass is 219 g/mol. The molecule has 0 spiro atoms. The molecule has 5 heteroatoms. The van der Waals surface area contributed by atoms with Gasteiger partial charge in [0.1, 0.15) is 6.04 Å². The molecule has 0 bridgehead atoms. The summed E-state index contributed by atoms with van der Waals surface area (Å²) in [5.74, 6) is -0.933. The van der Waals surface area contributed by atoms with Gasteiger partial charge in [0, 0.05) is 0 Å². The maximum absolute atomic E-state index is 10.1. The van der Waals surface area contributed by atoms with Gasteiger partial charge in [-0.1, -0.05) is 19.8 Å². The number of carbonyl (C=O) groups is 1. The lowest BCUT2D eigenvalue weighted by Gasteiger charge is -2.03. The molecule has 0 aliphatic rings. The fraction of sp³-hybridized carbons (Fsp3) is 0.900. The van der Waals surface area contributed by atoms with Gasteiger partial charge < -0.3 is 22.3 Å². The van der Waals surface area contributed by atoms with Gasteiger partial charge in [-0.25, -0.2) is 0 Å². The highest BCUT2D eigenvalue weighted by molar-refractivity contribution is 5.72. The molecule has 1 atom stereocenters. The predicted molar refractivity (Wildman–Crippen MR) is 62.5 cm³/mol. The molecule has 0 aliphatic heterocycles. The first-order chi connectivity index (χ1) is 7.09. The lowest BCUT2D eigenvalue weighted by atomic mass is 10.1. The van der Waals surface area contributed by atoms with Crippen LogP contribution in [0.25, 0.3) is 0 Å². The summed E-state index contributed by atoms with van der Waals surface area (Å²) < 4.78 is 0. The van der Waals surface area contributed by atoms with E-state index in [0.717, 1.165) is 19.4 Å². The van der Waals surface area contributed by atoms with Crippen LogP contribution in [0.2, 0.25) is 0 Å². The Morgan fingerprint density at radius 2 is 1.73 bits per heavy atom. The van der Waals surface area contributed by atoms with E-state index in [1.807, 2.05) is 0 Å². The largest absolute Gasteiger partial charge is 0.480 e. The molecule has 5 nitrogen and oxygen atoms in total. The quantitative estimate of drug-likeness (QED) is 0.459. The van der Waals surface area contributed by atoms with E-state index in [9.17, 15) is 4.79 Å². The van der Waals surface area contributed by atoms with Crippen molar-refractivity contribution in [2.24, 2.45) is 17.2 Å². The lowest BCUT2D eigenvalue weighted by molar-refractivity contribution is -0.138. The summed E-state index contributed by atoms with van der Waals surface area (Å²) in [6.07, 6.45) is 4.55. The zero-order chi connectivity index (χ0) is 12.1. The lowest BCUT2D eigenvalue weighted by Crippen LogP contribution is -2.29. The molecule has 0 heterocycles. The smallest absolute Gasteiger partial charge is 0.320 e. The van der Waals surface area contributed by atoms with Gasteiger partial charge in [-0.15, -0.1) is 0 Å².